The molecule has 1 aliphatic heterocycles. The van der Waals surface area contributed by atoms with Crippen LogP contribution in [-0.2, 0) is 14.3 Å². The molecule has 0 amide bonds. The van der Waals surface area contributed by atoms with Gasteiger partial charge in [-0.05, 0) is 37.5 Å². The van der Waals surface area contributed by atoms with Crippen LogP contribution in [0.15, 0.2) is 58.9 Å². The van der Waals surface area contributed by atoms with E-state index < -0.39 is 11.9 Å². The van der Waals surface area contributed by atoms with Crippen molar-refractivity contribution in [2.24, 2.45) is 0 Å². The number of carbonyl (C=O) groups excluding carboxylic acids is 2. The molecule has 1 aliphatic carbocycles. The summed E-state index contributed by atoms with van der Waals surface area (Å²) in [5, 5.41) is 3.38. The van der Waals surface area contributed by atoms with Gasteiger partial charge in [0.1, 0.15) is 5.75 Å². The Morgan fingerprint density at radius 1 is 0.895 bits per heavy atom. The predicted molar refractivity (Wildman–Crippen MR) is 143 cm³/mol. The van der Waals surface area contributed by atoms with Crippen molar-refractivity contribution in [3.63, 3.8) is 0 Å². The van der Waals surface area contributed by atoms with E-state index in [1.54, 1.807) is 20.3 Å². The molecule has 0 spiro atoms. The van der Waals surface area contributed by atoms with E-state index >= 15 is 0 Å². The summed E-state index contributed by atoms with van der Waals surface area (Å²) < 4.78 is 28.1. The average Bonchev–Trinajstić information content (AvgIpc) is 2.93. The summed E-state index contributed by atoms with van der Waals surface area (Å²) in [6.07, 6.45) is 1.55. The minimum Gasteiger partial charge on any atom is -0.496 e. The smallest absolute Gasteiger partial charge is 0.336 e. The predicted octanol–water partition coefficient (Wildman–Crippen LogP) is 5.04. The lowest BCUT2D eigenvalue weighted by molar-refractivity contribution is -0.139. The first-order valence-electron chi connectivity index (χ1n) is 12.7. The lowest BCUT2D eigenvalue weighted by Crippen LogP contribution is -2.36. The maximum atomic E-state index is 14.0. The van der Waals surface area contributed by atoms with Gasteiger partial charge in [0.05, 0.1) is 46.5 Å². The van der Waals surface area contributed by atoms with Crippen LogP contribution in [0.2, 0.25) is 0 Å². The highest BCUT2D eigenvalue weighted by Crippen LogP contribution is 2.51. The number of hydrogen-bond donors (Lipinski definition) is 1. The molecule has 0 saturated carbocycles. The fourth-order valence-electron chi connectivity index (χ4n) is 5.47. The van der Waals surface area contributed by atoms with E-state index in [1.807, 2.05) is 44.2 Å². The number of dihydropyridines is 1. The second kappa shape index (κ2) is 11.6. The Labute approximate surface area is 223 Å². The number of ketones is 1. The van der Waals surface area contributed by atoms with E-state index in [0.717, 1.165) is 17.0 Å². The molecule has 1 heterocycles. The quantitative estimate of drug-likeness (QED) is 0.459. The maximum absolute atomic E-state index is 14.0. The second-order valence-corrected chi connectivity index (χ2v) is 9.32. The number of methoxy groups -OCH3 is 4. The topological polar surface area (TPSA) is 92.3 Å². The van der Waals surface area contributed by atoms with Crippen LogP contribution in [0.5, 0.6) is 23.0 Å². The largest absolute Gasteiger partial charge is 0.496 e. The molecule has 0 aromatic heterocycles. The van der Waals surface area contributed by atoms with Gasteiger partial charge in [-0.15, -0.1) is 0 Å². The molecular formula is C30H35NO7. The molecule has 0 unspecified atom stereocenters. The van der Waals surface area contributed by atoms with Gasteiger partial charge in [-0.3, -0.25) is 4.79 Å². The Morgan fingerprint density at radius 3 is 2.26 bits per heavy atom. The summed E-state index contributed by atoms with van der Waals surface area (Å²) in [5.41, 5.74) is 3.95. The van der Waals surface area contributed by atoms with Crippen molar-refractivity contribution in [2.45, 2.75) is 44.9 Å². The van der Waals surface area contributed by atoms with Crippen molar-refractivity contribution in [2.75, 3.05) is 35.0 Å². The van der Waals surface area contributed by atoms with E-state index in [-0.39, 0.29) is 24.7 Å². The number of allylic oxidation sites excluding steroid dienone is 3. The van der Waals surface area contributed by atoms with Crippen molar-refractivity contribution in [1.82, 2.24) is 5.32 Å². The zero-order chi connectivity index (χ0) is 27.4. The molecule has 1 N–H and O–H groups in total. The number of benzene rings is 2. The molecule has 0 fully saturated rings. The van der Waals surface area contributed by atoms with Crippen LogP contribution in [-0.4, -0.2) is 46.8 Å². The number of ether oxygens (including phenoxy) is 5. The van der Waals surface area contributed by atoms with Crippen LogP contribution in [0.3, 0.4) is 0 Å². The van der Waals surface area contributed by atoms with Gasteiger partial charge in [0.25, 0.3) is 0 Å². The summed E-state index contributed by atoms with van der Waals surface area (Å²) >= 11 is 0. The highest BCUT2D eigenvalue weighted by molar-refractivity contribution is 6.04. The number of Topliss-reactive ketones (excluding diaryl/α,β-unsaturated/α-hetero) is 1. The molecule has 38 heavy (non-hydrogen) atoms. The van der Waals surface area contributed by atoms with Gasteiger partial charge < -0.3 is 29.0 Å². The molecule has 2 aromatic carbocycles. The van der Waals surface area contributed by atoms with Crippen molar-refractivity contribution in [3.8, 4) is 23.0 Å². The second-order valence-electron chi connectivity index (χ2n) is 9.32. The van der Waals surface area contributed by atoms with Crippen LogP contribution in [0.25, 0.3) is 0 Å². The zero-order valence-corrected chi connectivity index (χ0v) is 22.8. The average molecular weight is 522 g/mol. The Bertz CT molecular complexity index is 1290. The van der Waals surface area contributed by atoms with Crippen LogP contribution in [0, 0.1) is 0 Å². The Morgan fingerprint density at radius 2 is 1.61 bits per heavy atom. The number of para-hydroxylation sites is 1. The first-order chi connectivity index (χ1) is 18.4. The summed E-state index contributed by atoms with van der Waals surface area (Å²) in [7, 11) is 6.23. The normalized spacial score (nSPS) is 18.9. The fraction of sp³-hybridized carbons (Fsp3) is 0.400. The highest BCUT2D eigenvalue weighted by atomic mass is 16.5. The van der Waals surface area contributed by atoms with Crippen molar-refractivity contribution >= 4 is 11.8 Å². The third-order valence-electron chi connectivity index (χ3n) is 7.11. The van der Waals surface area contributed by atoms with Gasteiger partial charge >= 0.3 is 5.97 Å². The Kier molecular flexibility index (Phi) is 8.29. The number of rotatable bonds is 9. The molecule has 0 radical (unpaired) electrons. The van der Waals surface area contributed by atoms with Crippen LogP contribution in [0.1, 0.15) is 56.1 Å². The lowest BCUT2D eigenvalue weighted by atomic mass is 9.71. The van der Waals surface area contributed by atoms with Gasteiger partial charge in [0.2, 0.25) is 5.75 Å². The molecule has 202 valence electrons. The van der Waals surface area contributed by atoms with Gasteiger partial charge in [-0.1, -0.05) is 31.2 Å². The number of esters is 1. The first kappa shape index (κ1) is 27.1. The van der Waals surface area contributed by atoms with Crippen LogP contribution >= 0.6 is 0 Å². The summed E-state index contributed by atoms with van der Waals surface area (Å²) in [6.45, 7) is 4.05. The monoisotopic (exact) mass is 521 g/mol. The van der Waals surface area contributed by atoms with E-state index in [0.29, 0.717) is 52.5 Å². The third-order valence-corrected chi connectivity index (χ3v) is 7.11. The maximum Gasteiger partial charge on any atom is 0.336 e. The summed E-state index contributed by atoms with van der Waals surface area (Å²) in [4.78, 5) is 27.4. The molecule has 4 rings (SSSR count). The molecule has 2 aromatic rings. The van der Waals surface area contributed by atoms with Gasteiger partial charge in [-0.2, -0.15) is 0 Å². The lowest BCUT2D eigenvalue weighted by Gasteiger charge is -2.37. The summed E-state index contributed by atoms with van der Waals surface area (Å²) in [5.74, 6) is 0.740. The van der Waals surface area contributed by atoms with Crippen molar-refractivity contribution < 1.29 is 33.3 Å². The Hall–Kier alpha value is -3.94. The first-order valence-corrected chi connectivity index (χ1v) is 12.7. The van der Waals surface area contributed by atoms with Gasteiger partial charge in [0.15, 0.2) is 17.3 Å². The minimum atomic E-state index is -0.698. The number of carbonyl (C=O) groups is 2. The molecule has 8 heteroatoms. The van der Waals surface area contributed by atoms with Crippen molar-refractivity contribution in [3.05, 3.63) is 70.1 Å². The molecular weight excluding hydrogens is 486 g/mol. The molecule has 2 aliphatic rings. The van der Waals surface area contributed by atoms with Crippen LogP contribution < -0.4 is 24.3 Å². The SMILES string of the molecule is CCCOC(=O)C1=C(C)NC2=C(C(=O)C[C@H](c3ccccc3OC)C2)[C@@H]1c1ccc(OC)c(OC)c1OC. The van der Waals surface area contributed by atoms with E-state index in [1.165, 1.54) is 14.2 Å². The zero-order valence-electron chi connectivity index (χ0n) is 22.8. The molecule has 2 atom stereocenters. The molecule has 0 bridgehead atoms. The van der Waals surface area contributed by atoms with Gasteiger partial charge in [-0.25, -0.2) is 4.79 Å². The third kappa shape index (κ3) is 4.83. The standard InChI is InChI=1S/C30H35NO7/c1-7-14-38-30(33)25-17(2)31-21-15-18(19-10-8-9-11-23(19)34-3)16-22(32)27(21)26(25)20-12-13-24(35-4)29(37-6)28(20)36-5/h8-13,18,26,31H,7,14-16H2,1-6H3/t18-,26-/m1/s1. The van der Waals surface area contributed by atoms with E-state index in [2.05, 4.69) is 5.32 Å². The highest BCUT2D eigenvalue weighted by Gasteiger charge is 2.43. The van der Waals surface area contributed by atoms with Crippen LogP contribution in [0.4, 0.5) is 0 Å². The molecule has 0 saturated heterocycles. The summed E-state index contributed by atoms with van der Waals surface area (Å²) in [6, 6.07) is 11.3. The van der Waals surface area contributed by atoms with Crippen molar-refractivity contribution in [1.29, 1.82) is 0 Å². The van der Waals surface area contributed by atoms with E-state index in [4.69, 9.17) is 23.7 Å². The van der Waals surface area contributed by atoms with E-state index in [9.17, 15) is 9.59 Å². The Balaban J connectivity index is 1.89. The molecule has 8 nitrogen and oxygen atoms in total. The number of hydrogen-bond acceptors (Lipinski definition) is 8. The minimum absolute atomic E-state index is 0.0511. The number of nitrogens with one attached hydrogen (secondary N) is 1. The fourth-order valence-corrected chi connectivity index (χ4v) is 5.47. The van der Waals surface area contributed by atoms with Gasteiger partial charge in [0, 0.05) is 34.9 Å².